The molecule has 0 aliphatic rings. The third kappa shape index (κ3) is 3.63. The second kappa shape index (κ2) is 6.62. The Hall–Kier alpha value is -2.74. The van der Waals surface area contributed by atoms with Gasteiger partial charge < -0.3 is 15.5 Å². The summed E-state index contributed by atoms with van der Waals surface area (Å²) in [6.45, 7) is 2.12. The molecule has 1 aromatic carbocycles. The van der Waals surface area contributed by atoms with Crippen LogP contribution < -0.4 is 21.3 Å². The quantitative estimate of drug-likeness (QED) is 0.570. The van der Waals surface area contributed by atoms with Crippen LogP contribution in [0.15, 0.2) is 30.3 Å². The van der Waals surface area contributed by atoms with Gasteiger partial charge in [-0.1, -0.05) is 0 Å². The second-order valence-corrected chi connectivity index (χ2v) is 3.98. The van der Waals surface area contributed by atoms with E-state index < -0.39 is 11.7 Å². The Morgan fingerprint density at radius 3 is 2.71 bits per heavy atom. The van der Waals surface area contributed by atoms with Crippen LogP contribution in [-0.4, -0.2) is 22.7 Å². The number of hydrazine groups is 1. The minimum atomic E-state index is -0.552. The maximum atomic E-state index is 13.7. The number of hydrogen-bond acceptors (Lipinski definition) is 6. The first-order valence-corrected chi connectivity index (χ1v) is 6.18. The number of nitrogen functional groups attached to an aromatic ring is 1. The molecule has 0 radical (unpaired) electrons. The lowest BCUT2D eigenvalue weighted by Gasteiger charge is -2.08. The van der Waals surface area contributed by atoms with Crippen molar-refractivity contribution in [2.75, 3.05) is 17.3 Å². The molecule has 0 aliphatic carbocycles. The highest BCUT2D eigenvalue weighted by Crippen LogP contribution is 2.21. The number of nitrogens with zero attached hydrogens (tertiary/aromatic N) is 2. The molecular weight excluding hydrogens is 277 g/mol. The third-order valence-corrected chi connectivity index (χ3v) is 2.53. The first-order chi connectivity index (χ1) is 10.1. The summed E-state index contributed by atoms with van der Waals surface area (Å²) in [4.78, 5) is 11.9. The molecule has 1 heterocycles. The maximum absolute atomic E-state index is 13.7. The molecule has 0 bridgehead atoms. The summed E-state index contributed by atoms with van der Waals surface area (Å²) in [5.41, 5.74) is 2.68. The van der Waals surface area contributed by atoms with E-state index >= 15 is 0 Å². The van der Waals surface area contributed by atoms with E-state index in [1.54, 1.807) is 6.92 Å². The smallest absolute Gasteiger partial charge is 0.276 e. The summed E-state index contributed by atoms with van der Waals surface area (Å²) >= 11 is 0. The van der Waals surface area contributed by atoms with Crippen LogP contribution in [0.5, 0.6) is 5.75 Å². The van der Waals surface area contributed by atoms with Gasteiger partial charge in [0.2, 0.25) is 0 Å². The van der Waals surface area contributed by atoms with Crippen LogP contribution in [0, 0.1) is 5.82 Å². The lowest BCUT2D eigenvalue weighted by molar-refractivity contribution is 0.102. The van der Waals surface area contributed by atoms with Gasteiger partial charge in [0, 0.05) is 11.8 Å². The van der Waals surface area contributed by atoms with Crippen LogP contribution in [0.25, 0.3) is 0 Å². The second-order valence-electron chi connectivity index (χ2n) is 3.98. The monoisotopic (exact) mass is 291 g/mol. The van der Waals surface area contributed by atoms with E-state index in [4.69, 9.17) is 10.6 Å². The van der Waals surface area contributed by atoms with E-state index in [2.05, 4.69) is 20.9 Å². The molecule has 0 spiro atoms. The fraction of sp³-hybridized carbons (Fsp3) is 0.154. The van der Waals surface area contributed by atoms with Crippen molar-refractivity contribution in [3.63, 3.8) is 0 Å². The highest BCUT2D eigenvalue weighted by molar-refractivity contribution is 6.02. The van der Waals surface area contributed by atoms with Gasteiger partial charge in [-0.25, -0.2) is 10.2 Å². The molecular formula is C13H14FN5O2. The Labute approximate surface area is 120 Å². The summed E-state index contributed by atoms with van der Waals surface area (Å²) in [5.74, 6) is 4.56. The van der Waals surface area contributed by atoms with E-state index in [0.29, 0.717) is 18.1 Å². The Bertz CT molecular complexity index is 633. The molecule has 1 amide bonds. The number of anilines is 2. The zero-order valence-corrected chi connectivity index (χ0v) is 11.3. The number of nitrogens with two attached hydrogens (primary N) is 1. The Kier molecular flexibility index (Phi) is 4.62. The number of carbonyl (C=O) groups is 1. The standard InChI is InChI=1S/C13H14FN5O2/c1-2-21-11-5-3-8(7-9(11)14)16-13(20)10-4-6-12(17-15)19-18-10/h3-7H,2,15H2,1H3,(H,16,20)(H,17,19). The SMILES string of the molecule is CCOc1ccc(NC(=O)c2ccc(NN)nn2)cc1F. The highest BCUT2D eigenvalue weighted by atomic mass is 19.1. The summed E-state index contributed by atoms with van der Waals surface area (Å²) in [5, 5.41) is 9.88. The van der Waals surface area contributed by atoms with Gasteiger partial charge in [-0.3, -0.25) is 4.79 Å². The zero-order valence-electron chi connectivity index (χ0n) is 11.3. The molecule has 0 fully saturated rings. The number of nitrogens with one attached hydrogen (secondary N) is 2. The van der Waals surface area contributed by atoms with Crippen molar-refractivity contribution in [3.8, 4) is 5.75 Å². The molecule has 8 heteroatoms. The summed E-state index contributed by atoms with van der Waals surface area (Å²) in [7, 11) is 0. The van der Waals surface area contributed by atoms with Gasteiger partial charge in [0.15, 0.2) is 23.1 Å². The molecule has 2 rings (SSSR count). The Morgan fingerprint density at radius 2 is 2.14 bits per heavy atom. The Morgan fingerprint density at radius 1 is 1.33 bits per heavy atom. The Balaban J connectivity index is 2.09. The first kappa shape index (κ1) is 14.7. The normalized spacial score (nSPS) is 10.0. The zero-order chi connectivity index (χ0) is 15.2. The first-order valence-electron chi connectivity index (χ1n) is 6.18. The van der Waals surface area contributed by atoms with Crippen molar-refractivity contribution in [2.24, 2.45) is 5.84 Å². The van der Waals surface area contributed by atoms with Crippen molar-refractivity contribution in [2.45, 2.75) is 6.92 Å². The molecule has 0 saturated heterocycles. The highest BCUT2D eigenvalue weighted by Gasteiger charge is 2.10. The maximum Gasteiger partial charge on any atom is 0.276 e. The van der Waals surface area contributed by atoms with Gasteiger partial charge in [0.05, 0.1) is 6.61 Å². The summed E-state index contributed by atoms with van der Waals surface area (Å²) in [6.07, 6.45) is 0. The molecule has 2 aromatic rings. The number of ether oxygens (including phenoxy) is 1. The van der Waals surface area contributed by atoms with E-state index in [1.165, 1.54) is 30.3 Å². The van der Waals surface area contributed by atoms with E-state index in [9.17, 15) is 9.18 Å². The molecule has 7 nitrogen and oxygen atoms in total. The lowest BCUT2D eigenvalue weighted by atomic mass is 10.2. The summed E-state index contributed by atoms with van der Waals surface area (Å²) < 4.78 is 18.7. The topological polar surface area (TPSA) is 102 Å². The van der Waals surface area contributed by atoms with Crippen molar-refractivity contribution in [1.82, 2.24) is 10.2 Å². The van der Waals surface area contributed by atoms with Gasteiger partial charge in [-0.05, 0) is 31.2 Å². The van der Waals surface area contributed by atoms with Gasteiger partial charge in [0.25, 0.3) is 5.91 Å². The molecule has 1 aromatic heterocycles. The predicted molar refractivity (Wildman–Crippen MR) is 75.4 cm³/mol. The number of carbonyl (C=O) groups excluding carboxylic acids is 1. The fourth-order valence-electron chi connectivity index (χ4n) is 1.58. The van der Waals surface area contributed by atoms with Crippen molar-refractivity contribution in [3.05, 3.63) is 41.8 Å². The molecule has 4 N–H and O–H groups in total. The van der Waals surface area contributed by atoms with Gasteiger partial charge in [0.1, 0.15) is 0 Å². The fourth-order valence-corrected chi connectivity index (χ4v) is 1.58. The molecule has 0 saturated carbocycles. The lowest BCUT2D eigenvalue weighted by Crippen LogP contribution is -2.16. The van der Waals surface area contributed by atoms with Crippen molar-refractivity contribution >= 4 is 17.4 Å². The average molecular weight is 291 g/mol. The number of benzene rings is 1. The number of hydrogen-bond donors (Lipinski definition) is 3. The largest absolute Gasteiger partial charge is 0.491 e. The van der Waals surface area contributed by atoms with E-state index in [-0.39, 0.29) is 11.4 Å². The number of amides is 1. The number of aromatic nitrogens is 2. The van der Waals surface area contributed by atoms with Crippen LogP contribution in [0.4, 0.5) is 15.9 Å². The summed E-state index contributed by atoms with van der Waals surface area (Å²) in [6, 6.07) is 7.10. The van der Waals surface area contributed by atoms with E-state index in [1.807, 2.05) is 0 Å². The van der Waals surface area contributed by atoms with Crippen molar-refractivity contribution < 1.29 is 13.9 Å². The van der Waals surface area contributed by atoms with Crippen LogP contribution >= 0.6 is 0 Å². The molecule has 0 aliphatic heterocycles. The molecule has 0 atom stereocenters. The van der Waals surface area contributed by atoms with Crippen molar-refractivity contribution in [1.29, 1.82) is 0 Å². The molecule has 21 heavy (non-hydrogen) atoms. The van der Waals surface area contributed by atoms with Crippen LogP contribution in [0.2, 0.25) is 0 Å². The van der Waals surface area contributed by atoms with Crippen LogP contribution in [-0.2, 0) is 0 Å². The predicted octanol–water partition coefficient (Wildman–Crippen LogP) is 1.55. The van der Waals surface area contributed by atoms with Gasteiger partial charge in [-0.15, -0.1) is 10.2 Å². The number of halogens is 1. The van der Waals surface area contributed by atoms with Gasteiger partial charge in [-0.2, -0.15) is 0 Å². The minimum Gasteiger partial charge on any atom is -0.491 e. The van der Waals surface area contributed by atoms with E-state index in [0.717, 1.165) is 0 Å². The van der Waals surface area contributed by atoms with Crippen LogP contribution in [0.3, 0.4) is 0 Å². The van der Waals surface area contributed by atoms with Gasteiger partial charge >= 0.3 is 0 Å². The minimum absolute atomic E-state index is 0.0864. The third-order valence-electron chi connectivity index (χ3n) is 2.53. The molecule has 110 valence electrons. The number of rotatable bonds is 5. The average Bonchev–Trinajstić information content (AvgIpc) is 2.50. The molecule has 0 unspecified atom stereocenters. The van der Waals surface area contributed by atoms with Crippen LogP contribution in [0.1, 0.15) is 17.4 Å².